The van der Waals surface area contributed by atoms with E-state index >= 15 is 0 Å². The molecular formula is C37H36F3N3O7. The van der Waals surface area contributed by atoms with Gasteiger partial charge in [0.2, 0.25) is 0 Å². The molecule has 50 heavy (non-hydrogen) atoms. The summed E-state index contributed by atoms with van der Waals surface area (Å²) in [5.41, 5.74) is 2.17. The number of alkyl halides is 3. The van der Waals surface area contributed by atoms with Crippen LogP contribution in [-0.2, 0) is 35.5 Å². The zero-order valence-corrected chi connectivity index (χ0v) is 27.7. The molecule has 1 atom stereocenters. The van der Waals surface area contributed by atoms with Crippen molar-refractivity contribution in [3.63, 3.8) is 0 Å². The maximum Gasteiger partial charge on any atom is 0.417 e. The van der Waals surface area contributed by atoms with Gasteiger partial charge in [0.05, 0.1) is 12.7 Å². The molecule has 1 N–H and O–H groups in total. The van der Waals surface area contributed by atoms with Crippen LogP contribution in [0.2, 0.25) is 0 Å². The lowest BCUT2D eigenvalue weighted by molar-refractivity contribution is -0.143. The molecule has 4 aromatic carbocycles. The van der Waals surface area contributed by atoms with E-state index in [1.807, 2.05) is 19.9 Å². The van der Waals surface area contributed by atoms with Gasteiger partial charge in [-0.1, -0.05) is 50.2 Å². The molecule has 0 saturated heterocycles. The summed E-state index contributed by atoms with van der Waals surface area (Å²) in [6, 6.07) is 19.0. The van der Waals surface area contributed by atoms with Gasteiger partial charge in [0.15, 0.2) is 11.5 Å². The first-order valence-electron chi connectivity index (χ1n) is 16.1. The van der Waals surface area contributed by atoms with Crippen LogP contribution in [0.1, 0.15) is 42.5 Å². The molecule has 0 bridgehead atoms. The van der Waals surface area contributed by atoms with Crippen LogP contribution in [0.4, 0.5) is 13.2 Å². The Kier molecular flexibility index (Phi) is 10.4. The topological polar surface area (TPSA) is 114 Å². The predicted molar refractivity (Wildman–Crippen MR) is 177 cm³/mol. The SMILES string of the molecule is COC(=O)[C@H](CC(C)C)NCc1ccc(OCc2cccc(-c3ccc4c(c3)OCCO4)c2C(F)(F)F)cc1OCc1ccc2nonc2c1. The summed E-state index contributed by atoms with van der Waals surface area (Å²) < 4.78 is 77.1. The molecule has 1 aliphatic heterocycles. The highest BCUT2D eigenvalue weighted by molar-refractivity contribution is 5.76. The number of methoxy groups -OCH3 is 1. The number of ether oxygens (including phenoxy) is 5. The number of halogens is 3. The summed E-state index contributed by atoms with van der Waals surface area (Å²) in [5.74, 6) is 1.45. The van der Waals surface area contributed by atoms with E-state index in [0.717, 1.165) is 5.56 Å². The lowest BCUT2D eigenvalue weighted by atomic mass is 9.94. The van der Waals surface area contributed by atoms with Gasteiger partial charge in [-0.25, -0.2) is 4.63 Å². The van der Waals surface area contributed by atoms with E-state index in [2.05, 4.69) is 15.6 Å². The van der Waals surface area contributed by atoms with Crippen molar-refractivity contribution in [2.75, 3.05) is 20.3 Å². The first kappa shape index (κ1) is 34.6. The summed E-state index contributed by atoms with van der Waals surface area (Å²) in [4.78, 5) is 12.5. The summed E-state index contributed by atoms with van der Waals surface area (Å²) in [6.45, 7) is 4.74. The molecule has 1 aliphatic rings. The quantitative estimate of drug-likeness (QED) is 0.124. The third-order valence-electron chi connectivity index (χ3n) is 8.16. The van der Waals surface area contributed by atoms with Gasteiger partial charge in [-0.3, -0.25) is 4.79 Å². The van der Waals surface area contributed by atoms with E-state index in [9.17, 15) is 18.0 Å². The van der Waals surface area contributed by atoms with Crippen LogP contribution in [0, 0.1) is 5.92 Å². The van der Waals surface area contributed by atoms with Gasteiger partial charge in [0, 0.05) is 23.7 Å². The molecule has 0 unspecified atom stereocenters. The Labute approximate surface area is 286 Å². The van der Waals surface area contributed by atoms with E-state index in [-0.39, 0.29) is 42.8 Å². The van der Waals surface area contributed by atoms with Crippen molar-refractivity contribution in [3.05, 3.63) is 95.1 Å². The lowest BCUT2D eigenvalue weighted by Gasteiger charge is -2.21. The number of fused-ring (bicyclic) bond motifs is 2. The van der Waals surface area contributed by atoms with Gasteiger partial charge in [-0.15, -0.1) is 0 Å². The predicted octanol–water partition coefficient (Wildman–Crippen LogP) is 7.52. The Balaban J connectivity index is 1.26. The van der Waals surface area contributed by atoms with E-state index in [0.29, 0.717) is 64.8 Å². The van der Waals surface area contributed by atoms with E-state index in [1.54, 1.807) is 54.6 Å². The van der Waals surface area contributed by atoms with E-state index < -0.39 is 17.8 Å². The number of carbonyl (C=O) groups is 1. The highest BCUT2D eigenvalue weighted by Crippen LogP contribution is 2.42. The molecule has 10 nitrogen and oxygen atoms in total. The molecule has 6 rings (SSSR count). The molecule has 2 heterocycles. The summed E-state index contributed by atoms with van der Waals surface area (Å²) >= 11 is 0. The Bertz CT molecular complexity index is 1960. The normalized spacial score (nSPS) is 13.3. The summed E-state index contributed by atoms with van der Waals surface area (Å²) in [5, 5.41) is 11.0. The van der Waals surface area contributed by atoms with Crippen LogP contribution in [0.25, 0.3) is 22.2 Å². The second kappa shape index (κ2) is 15.1. The van der Waals surface area contributed by atoms with Gasteiger partial charge in [-0.2, -0.15) is 13.2 Å². The zero-order valence-electron chi connectivity index (χ0n) is 27.7. The average molecular weight is 692 g/mol. The summed E-state index contributed by atoms with van der Waals surface area (Å²) in [7, 11) is 1.34. The minimum absolute atomic E-state index is 0.00172. The summed E-state index contributed by atoms with van der Waals surface area (Å²) in [6.07, 6.45) is -4.11. The van der Waals surface area contributed by atoms with E-state index in [4.69, 9.17) is 28.3 Å². The van der Waals surface area contributed by atoms with Crippen LogP contribution in [0.3, 0.4) is 0 Å². The molecule has 13 heteroatoms. The van der Waals surface area contributed by atoms with Gasteiger partial charge < -0.3 is 29.0 Å². The smallest absolute Gasteiger partial charge is 0.417 e. The number of nitrogens with one attached hydrogen (secondary N) is 1. The number of carbonyl (C=O) groups excluding carboxylic acids is 1. The molecular weight excluding hydrogens is 655 g/mol. The molecule has 5 aromatic rings. The average Bonchev–Trinajstić information content (AvgIpc) is 3.59. The highest BCUT2D eigenvalue weighted by atomic mass is 19.4. The van der Waals surface area contributed by atoms with Crippen molar-refractivity contribution < 1.29 is 46.3 Å². The van der Waals surface area contributed by atoms with Crippen LogP contribution in [0.5, 0.6) is 23.0 Å². The number of nitrogens with zero attached hydrogens (tertiary/aromatic N) is 2. The number of benzene rings is 4. The Morgan fingerprint density at radius 3 is 2.46 bits per heavy atom. The van der Waals surface area contributed by atoms with Crippen molar-refractivity contribution in [2.45, 2.75) is 52.2 Å². The van der Waals surface area contributed by atoms with Crippen molar-refractivity contribution in [3.8, 4) is 34.1 Å². The monoisotopic (exact) mass is 691 g/mol. The third-order valence-corrected chi connectivity index (χ3v) is 8.16. The van der Waals surface area contributed by atoms with Crippen molar-refractivity contribution >= 4 is 17.0 Å². The fourth-order valence-corrected chi connectivity index (χ4v) is 5.76. The zero-order chi connectivity index (χ0) is 35.3. The third kappa shape index (κ3) is 8.11. The number of hydrogen-bond donors (Lipinski definition) is 1. The largest absolute Gasteiger partial charge is 0.489 e. The second-order valence-electron chi connectivity index (χ2n) is 12.2. The van der Waals surface area contributed by atoms with Crippen molar-refractivity contribution in [1.29, 1.82) is 0 Å². The standard InChI is InChI=1S/C37H36F3N3O7/c1-22(2)15-31(36(44)45-3)41-19-25-8-10-27(18-33(25)49-20-23-7-11-29-30(16-23)43-50-42-29)48-21-26-5-4-6-28(35(26)37(38,39)40)24-9-12-32-34(17-24)47-14-13-46-32/h4-12,16-18,22,31,41H,13-15,19-21H2,1-3H3/t31-/m0/s1. The molecule has 1 aromatic heterocycles. The molecule has 0 fully saturated rings. The minimum Gasteiger partial charge on any atom is -0.489 e. The fourth-order valence-electron chi connectivity index (χ4n) is 5.76. The van der Waals surface area contributed by atoms with E-state index in [1.165, 1.54) is 19.2 Å². The fraction of sp³-hybridized carbons (Fsp3) is 0.324. The molecule has 0 aliphatic carbocycles. The van der Waals surface area contributed by atoms with Crippen LogP contribution in [-0.4, -0.2) is 42.6 Å². The molecule has 0 spiro atoms. The van der Waals surface area contributed by atoms with Crippen molar-refractivity contribution in [1.82, 2.24) is 15.6 Å². The van der Waals surface area contributed by atoms with Crippen LogP contribution in [0.15, 0.2) is 77.4 Å². The first-order chi connectivity index (χ1) is 24.1. The Morgan fingerprint density at radius 2 is 1.68 bits per heavy atom. The number of esters is 1. The lowest BCUT2D eigenvalue weighted by Crippen LogP contribution is -2.38. The first-order valence-corrected chi connectivity index (χ1v) is 16.1. The molecule has 0 amide bonds. The van der Waals surface area contributed by atoms with Gasteiger partial charge in [-0.05, 0) is 69.7 Å². The number of aromatic nitrogens is 2. The Morgan fingerprint density at radius 1 is 0.880 bits per heavy atom. The number of hydrogen-bond acceptors (Lipinski definition) is 10. The van der Waals surface area contributed by atoms with Gasteiger partial charge in [0.25, 0.3) is 0 Å². The van der Waals surface area contributed by atoms with Gasteiger partial charge in [0.1, 0.15) is 55.0 Å². The molecule has 0 saturated carbocycles. The highest BCUT2D eigenvalue weighted by Gasteiger charge is 2.37. The minimum atomic E-state index is -4.67. The second-order valence-corrected chi connectivity index (χ2v) is 12.2. The molecule has 0 radical (unpaired) electrons. The number of rotatable bonds is 13. The van der Waals surface area contributed by atoms with Crippen LogP contribution < -0.4 is 24.3 Å². The maximum atomic E-state index is 14.6. The van der Waals surface area contributed by atoms with Crippen molar-refractivity contribution in [2.24, 2.45) is 5.92 Å². The molecule has 262 valence electrons. The Hall–Kier alpha value is -5.30. The van der Waals surface area contributed by atoms with Gasteiger partial charge >= 0.3 is 12.1 Å². The maximum absolute atomic E-state index is 14.6. The van der Waals surface area contributed by atoms with Crippen LogP contribution >= 0.6 is 0 Å².